The molecule has 3 aromatic rings. The number of carbonyl (C=O) groups excluding carboxylic acids is 2. The lowest BCUT2D eigenvalue weighted by Crippen LogP contribution is -2.51. The first kappa shape index (κ1) is 33.8. The third-order valence-corrected chi connectivity index (χ3v) is 8.50. The molecule has 13 nitrogen and oxygen atoms in total. The normalized spacial score (nSPS) is 21.6. The number of esters is 1. The van der Waals surface area contributed by atoms with Gasteiger partial charge in [-0.05, 0) is 42.3 Å². The molecule has 0 aliphatic carbocycles. The first-order valence-electron chi connectivity index (χ1n) is 15.8. The van der Waals surface area contributed by atoms with Crippen LogP contribution in [0.2, 0.25) is 0 Å². The first-order chi connectivity index (χ1) is 22.7. The number of urea groups is 1. The fourth-order valence-electron chi connectivity index (χ4n) is 5.82. The molecule has 47 heavy (non-hydrogen) atoms. The highest BCUT2D eigenvalue weighted by Gasteiger charge is 2.39. The monoisotopic (exact) mass is 647 g/mol. The predicted octanol–water partition coefficient (Wildman–Crippen LogP) is 4.39. The summed E-state index contributed by atoms with van der Waals surface area (Å²) in [6.07, 6.45) is -1.08. The molecule has 2 aliphatic heterocycles. The number of piperazine rings is 1. The molecule has 2 amide bonds. The zero-order valence-corrected chi connectivity index (χ0v) is 26.5. The summed E-state index contributed by atoms with van der Waals surface area (Å²) in [6, 6.07) is 21.1. The largest absolute Gasteiger partial charge is 0.465 e. The van der Waals surface area contributed by atoms with Crippen LogP contribution in [0.3, 0.4) is 0 Å². The number of benzene rings is 3. The fraction of sp³-hybridized carbons (Fsp3) is 0.412. The van der Waals surface area contributed by atoms with Gasteiger partial charge < -0.3 is 34.9 Å². The Morgan fingerprint density at radius 1 is 0.957 bits per heavy atom. The number of carbonyl (C=O) groups is 2. The molecule has 13 heteroatoms. The Hall–Kier alpha value is -4.56. The molecule has 250 valence electrons. The molecule has 2 fully saturated rings. The van der Waals surface area contributed by atoms with Crippen LogP contribution in [0.25, 0.3) is 0 Å². The number of aliphatic hydroxyl groups is 1. The van der Waals surface area contributed by atoms with Crippen molar-refractivity contribution < 1.29 is 33.8 Å². The highest BCUT2D eigenvalue weighted by atomic mass is 16.7. The molecule has 0 bridgehead atoms. The van der Waals surface area contributed by atoms with Gasteiger partial charge in [0, 0.05) is 67.7 Å². The number of hydrogen-bond donors (Lipinski definition) is 3. The number of ether oxygens (including phenoxy) is 3. The summed E-state index contributed by atoms with van der Waals surface area (Å²) in [5.74, 6) is -0.497. The smallest absolute Gasteiger partial charge is 0.325 e. The number of nitro groups is 1. The Bertz CT molecular complexity index is 1490. The minimum absolute atomic E-state index is 0.0166. The molecule has 3 N–H and O–H groups in total. The Balaban J connectivity index is 1.25. The second kappa shape index (κ2) is 15.8. The lowest BCUT2D eigenvalue weighted by atomic mass is 9.90. The van der Waals surface area contributed by atoms with Crippen LogP contribution in [0.1, 0.15) is 42.9 Å². The zero-order valence-electron chi connectivity index (χ0n) is 26.5. The number of hydrogen-bond acceptors (Lipinski definition) is 10. The maximum Gasteiger partial charge on any atom is 0.325 e. The summed E-state index contributed by atoms with van der Waals surface area (Å²) in [7, 11) is 0. The van der Waals surface area contributed by atoms with Gasteiger partial charge in [0.2, 0.25) is 0 Å². The van der Waals surface area contributed by atoms with Crippen molar-refractivity contribution in [3.63, 3.8) is 0 Å². The lowest BCUT2D eigenvalue weighted by molar-refractivity contribution is -0.384. The van der Waals surface area contributed by atoms with Gasteiger partial charge in [-0.1, -0.05) is 43.3 Å². The highest BCUT2D eigenvalue weighted by molar-refractivity contribution is 5.91. The van der Waals surface area contributed by atoms with Crippen LogP contribution >= 0.6 is 0 Å². The molecule has 2 heterocycles. The van der Waals surface area contributed by atoms with E-state index < -0.39 is 23.2 Å². The third-order valence-electron chi connectivity index (χ3n) is 8.50. The molecule has 5 rings (SSSR count). The zero-order chi connectivity index (χ0) is 33.3. The van der Waals surface area contributed by atoms with E-state index in [-0.39, 0.29) is 43.6 Å². The second-order valence-electron chi connectivity index (χ2n) is 11.6. The van der Waals surface area contributed by atoms with Crippen LogP contribution in [0.15, 0.2) is 72.8 Å². The van der Waals surface area contributed by atoms with Crippen molar-refractivity contribution in [2.75, 3.05) is 56.1 Å². The van der Waals surface area contributed by atoms with Crippen LogP contribution in [-0.2, 0) is 25.6 Å². The van der Waals surface area contributed by atoms with Crippen molar-refractivity contribution in [3.05, 3.63) is 99.6 Å². The van der Waals surface area contributed by atoms with Crippen molar-refractivity contribution in [1.29, 1.82) is 0 Å². The average Bonchev–Trinajstić information content (AvgIpc) is 3.09. The number of nitrogens with one attached hydrogen (secondary N) is 2. The standard InChI is InChI=1S/C34H41N5O8/c1-3-45-31(41)20-35-34(42)36-27-10-8-26(9-11-27)33-46-30(23(2)32(47-33)25-6-4-24(22-40)5-7-25)21-37-16-18-38(19-17-37)28-12-14-29(15-13-28)39(43)44/h4-15,23,30,32-33,40H,3,16-22H2,1-2H3,(H2,35,36,42)/t23-,30+,32+,33+/m1/s1. The first-order valence-corrected chi connectivity index (χ1v) is 15.8. The molecule has 2 aliphatic rings. The van der Waals surface area contributed by atoms with Crippen molar-refractivity contribution in [3.8, 4) is 0 Å². The van der Waals surface area contributed by atoms with E-state index in [4.69, 9.17) is 14.2 Å². The molecule has 0 aromatic heterocycles. The lowest BCUT2D eigenvalue weighted by Gasteiger charge is -2.44. The van der Waals surface area contributed by atoms with Crippen LogP contribution < -0.4 is 15.5 Å². The van der Waals surface area contributed by atoms with E-state index in [2.05, 4.69) is 27.4 Å². The topological polar surface area (TPSA) is 156 Å². The van der Waals surface area contributed by atoms with E-state index in [1.54, 1.807) is 31.2 Å². The Kier molecular flexibility index (Phi) is 11.4. The summed E-state index contributed by atoms with van der Waals surface area (Å²) in [5, 5.41) is 25.8. The summed E-state index contributed by atoms with van der Waals surface area (Å²) in [4.78, 5) is 39.0. The number of rotatable bonds is 11. The van der Waals surface area contributed by atoms with Crippen molar-refractivity contribution in [2.24, 2.45) is 5.92 Å². The Morgan fingerprint density at radius 3 is 2.23 bits per heavy atom. The van der Waals surface area contributed by atoms with Crippen molar-refractivity contribution in [2.45, 2.75) is 39.0 Å². The number of amides is 2. The SMILES string of the molecule is CCOC(=O)CNC(=O)Nc1ccc([C@H]2O[C@@H](CN3CCN(c4ccc([N+](=O)[O-])cc4)CC3)[C@@H](C)[C@@H](c3ccc(CO)cc3)O2)cc1. The maximum absolute atomic E-state index is 12.2. The van der Waals surface area contributed by atoms with Gasteiger partial charge in [-0.3, -0.25) is 19.8 Å². The van der Waals surface area contributed by atoms with E-state index in [0.29, 0.717) is 12.2 Å². The van der Waals surface area contributed by atoms with Crippen molar-refractivity contribution in [1.82, 2.24) is 10.2 Å². The summed E-state index contributed by atoms with van der Waals surface area (Å²) < 4.78 is 18.0. The summed E-state index contributed by atoms with van der Waals surface area (Å²) in [6.45, 7) is 7.68. The van der Waals surface area contributed by atoms with Crippen LogP contribution in [-0.4, -0.2) is 78.9 Å². The minimum atomic E-state index is -0.660. The molecular weight excluding hydrogens is 606 g/mol. The van der Waals surface area contributed by atoms with E-state index in [9.17, 15) is 24.8 Å². The maximum atomic E-state index is 12.2. The quantitative estimate of drug-likeness (QED) is 0.155. The molecule has 2 saturated heterocycles. The Morgan fingerprint density at radius 2 is 1.62 bits per heavy atom. The van der Waals surface area contributed by atoms with Crippen molar-refractivity contribution >= 4 is 29.1 Å². The van der Waals surface area contributed by atoms with E-state index in [0.717, 1.165) is 48.6 Å². The molecule has 0 radical (unpaired) electrons. The van der Waals surface area contributed by atoms with Crippen LogP contribution in [0.5, 0.6) is 0 Å². The summed E-state index contributed by atoms with van der Waals surface area (Å²) >= 11 is 0. The highest BCUT2D eigenvalue weighted by Crippen LogP contribution is 2.42. The van der Waals surface area contributed by atoms with E-state index >= 15 is 0 Å². The van der Waals surface area contributed by atoms with Gasteiger partial charge in [-0.2, -0.15) is 0 Å². The van der Waals surface area contributed by atoms with Gasteiger partial charge in [0.05, 0.1) is 30.3 Å². The number of nitro benzene ring substituents is 1. The number of anilines is 2. The Labute approximate surface area is 273 Å². The third kappa shape index (κ3) is 8.83. The molecule has 0 saturated carbocycles. The fourth-order valence-corrected chi connectivity index (χ4v) is 5.82. The van der Waals surface area contributed by atoms with Gasteiger partial charge in [0.25, 0.3) is 5.69 Å². The van der Waals surface area contributed by atoms with E-state index in [1.165, 1.54) is 12.1 Å². The van der Waals surface area contributed by atoms with Gasteiger partial charge in [-0.15, -0.1) is 0 Å². The van der Waals surface area contributed by atoms with E-state index in [1.807, 2.05) is 36.4 Å². The molecule has 0 unspecified atom stereocenters. The summed E-state index contributed by atoms with van der Waals surface area (Å²) in [5.41, 5.74) is 4.19. The number of non-ortho nitro benzene ring substituents is 1. The van der Waals surface area contributed by atoms with Gasteiger partial charge >= 0.3 is 12.0 Å². The van der Waals surface area contributed by atoms with Gasteiger partial charge in [-0.25, -0.2) is 4.79 Å². The minimum Gasteiger partial charge on any atom is -0.465 e. The number of nitrogens with zero attached hydrogens (tertiary/aromatic N) is 3. The average molecular weight is 648 g/mol. The molecule has 0 spiro atoms. The molecule has 3 aromatic carbocycles. The number of aliphatic hydroxyl groups excluding tert-OH is 1. The molecular formula is C34H41N5O8. The molecule has 4 atom stereocenters. The second-order valence-corrected chi connectivity index (χ2v) is 11.6. The van der Waals surface area contributed by atoms with Crippen LogP contribution in [0, 0.1) is 16.0 Å². The van der Waals surface area contributed by atoms with Crippen LogP contribution in [0.4, 0.5) is 21.9 Å². The van der Waals surface area contributed by atoms with Gasteiger partial charge in [0.15, 0.2) is 6.29 Å². The predicted molar refractivity (Wildman–Crippen MR) is 175 cm³/mol. The van der Waals surface area contributed by atoms with Gasteiger partial charge in [0.1, 0.15) is 6.54 Å².